The van der Waals surface area contributed by atoms with Crippen molar-refractivity contribution in [3.05, 3.63) is 0 Å². The lowest BCUT2D eigenvalue weighted by Gasteiger charge is -2.29. The van der Waals surface area contributed by atoms with Crippen molar-refractivity contribution in [1.29, 1.82) is 0 Å². The summed E-state index contributed by atoms with van der Waals surface area (Å²) >= 11 is 0. The van der Waals surface area contributed by atoms with E-state index in [2.05, 4.69) is 24.2 Å². The Balaban J connectivity index is 1.59. The van der Waals surface area contributed by atoms with Gasteiger partial charge in [-0.15, -0.1) is 0 Å². The normalized spacial score (nSPS) is 30.4. The molecule has 1 N–H and O–H groups in total. The summed E-state index contributed by atoms with van der Waals surface area (Å²) < 4.78 is 0. The van der Waals surface area contributed by atoms with E-state index in [9.17, 15) is 0 Å². The third-order valence-corrected chi connectivity index (χ3v) is 4.29. The molecule has 1 heterocycles. The van der Waals surface area contributed by atoms with Crippen LogP contribution in [0.25, 0.3) is 0 Å². The molecule has 0 spiro atoms. The van der Waals surface area contributed by atoms with E-state index in [-0.39, 0.29) is 0 Å². The molecule has 15 heavy (non-hydrogen) atoms. The standard InChI is InChI=1S/C13H26N2/c1-11(9-12-5-3-6-12)14-10-13-7-4-8-15(13)2/h11-14H,3-10H2,1-2H3. The van der Waals surface area contributed by atoms with Gasteiger partial charge >= 0.3 is 0 Å². The molecule has 1 aliphatic carbocycles. The Morgan fingerprint density at radius 3 is 2.60 bits per heavy atom. The van der Waals surface area contributed by atoms with Crippen molar-refractivity contribution >= 4 is 0 Å². The van der Waals surface area contributed by atoms with Crippen molar-refractivity contribution in [1.82, 2.24) is 10.2 Å². The smallest absolute Gasteiger partial charge is 0.0218 e. The van der Waals surface area contributed by atoms with Gasteiger partial charge in [-0.25, -0.2) is 0 Å². The van der Waals surface area contributed by atoms with Gasteiger partial charge in [0.15, 0.2) is 0 Å². The van der Waals surface area contributed by atoms with Gasteiger partial charge in [0.2, 0.25) is 0 Å². The van der Waals surface area contributed by atoms with Gasteiger partial charge in [0, 0.05) is 18.6 Å². The summed E-state index contributed by atoms with van der Waals surface area (Å²) in [5, 5.41) is 3.71. The first-order valence-corrected chi connectivity index (χ1v) is 6.69. The molecule has 2 unspecified atom stereocenters. The number of nitrogens with zero attached hydrogens (tertiary/aromatic N) is 1. The molecule has 0 amide bonds. The highest BCUT2D eigenvalue weighted by Crippen LogP contribution is 2.30. The molecular formula is C13H26N2. The maximum absolute atomic E-state index is 3.71. The fourth-order valence-electron chi connectivity index (χ4n) is 2.89. The van der Waals surface area contributed by atoms with E-state index in [0.717, 1.165) is 18.0 Å². The van der Waals surface area contributed by atoms with Gasteiger partial charge in [-0.1, -0.05) is 19.3 Å². The number of likely N-dealkylation sites (tertiary alicyclic amines) is 1. The summed E-state index contributed by atoms with van der Waals surface area (Å²) in [6.07, 6.45) is 8.61. The van der Waals surface area contributed by atoms with Crippen molar-refractivity contribution in [2.24, 2.45) is 5.92 Å². The second kappa shape index (κ2) is 5.31. The van der Waals surface area contributed by atoms with Crippen molar-refractivity contribution < 1.29 is 0 Å². The van der Waals surface area contributed by atoms with E-state index in [1.165, 1.54) is 51.6 Å². The fraction of sp³-hybridized carbons (Fsp3) is 1.00. The third-order valence-electron chi connectivity index (χ3n) is 4.29. The first kappa shape index (κ1) is 11.4. The lowest BCUT2D eigenvalue weighted by molar-refractivity contribution is 0.248. The molecule has 2 aliphatic rings. The van der Waals surface area contributed by atoms with Crippen LogP contribution < -0.4 is 5.32 Å². The average molecular weight is 210 g/mol. The molecular weight excluding hydrogens is 184 g/mol. The van der Waals surface area contributed by atoms with Gasteiger partial charge < -0.3 is 10.2 Å². The van der Waals surface area contributed by atoms with Crippen LogP contribution in [0.15, 0.2) is 0 Å². The predicted molar refractivity (Wildman–Crippen MR) is 65.1 cm³/mol. The summed E-state index contributed by atoms with van der Waals surface area (Å²) in [5.74, 6) is 1.04. The van der Waals surface area contributed by atoms with Crippen LogP contribution in [0.5, 0.6) is 0 Å². The Morgan fingerprint density at radius 2 is 2.07 bits per heavy atom. The Labute approximate surface area is 94.4 Å². The van der Waals surface area contributed by atoms with Crippen molar-refractivity contribution in [3.63, 3.8) is 0 Å². The van der Waals surface area contributed by atoms with E-state index < -0.39 is 0 Å². The first-order chi connectivity index (χ1) is 7.25. The fourth-order valence-corrected chi connectivity index (χ4v) is 2.89. The highest BCUT2D eigenvalue weighted by molar-refractivity contribution is 4.81. The van der Waals surface area contributed by atoms with Crippen LogP contribution in [0.2, 0.25) is 0 Å². The summed E-state index contributed by atoms with van der Waals surface area (Å²) in [4.78, 5) is 2.50. The summed E-state index contributed by atoms with van der Waals surface area (Å²) in [7, 11) is 2.26. The third kappa shape index (κ3) is 3.18. The van der Waals surface area contributed by atoms with Gasteiger partial charge in [0.1, 0.15) is 0 Å². The van der Waals surface area contributed by atoms with Gasteiger partial charge in [0.25, 0.3) is 0 Å². The zero-order valence-electron chi connectivity index (χ0n) is 10.3. The molecule has 0 radical (unpaired) electrons. The van der Waals surface area contributed by atoms with E-state index >= 15 is 0 Å². The van der Waals surface area contributed by atoms with Crippen LogP contribution in [0.1, 0.15) is 45.4 Å². The van der Waals surface area contributed by atoms with E-state index in [1.54, 1.807) is 0 Å². The summed E-state index contributed by atoms with van der Waals surface area (Å²) in [6, 6.07) is 1.53. The Hall–Kier alpha value is -0.0800. The van der Waals surface area contributed by atoms with Crippen LogP contribution in [0, 0.1) is 5.92 Å². The second-order valence-electron chi connectivity index (χ2n) is 5.62. The summed E-state index contributed by atoms with van der Waals surface area (Å²) in [5.41, 5.74) is 0. The van der Waals surface area contributed by atoms with Crippen LogP contribution in [-0.2, 0) is 0 Å². The van der Waals surface area contributed by atoms with Crippen molar-refractivity contribution in [2.45, 2.75) is 57.5 Å². The molecule has 2 nitrogen and oxygen atoms in total. The molecule has 0 aromatic heterocycles. The lowest BCUT2D eigenvalue weighted by atomic mass is 9.81. The molecule has 0 aromatic carbocycles. The van der Waals surface area contributed by atoms with E-state index in [0.29, 0.717) is 0 Å². The van der Waals surface area contributed by atoms with E-state index in [1.807, 2.05) is 0 Å². The molecule has 1 saturated heterocycles. The predicted octanol–water partition coefficient (Wildman–Crippen LogP) is 2.25. The zero-order valence-corrected chi connectivity index (χ0v) is 10.3. The largest absolute Gasteiger partial charge is 0.313 e. The van der Waals surface area contributed by atoms with E-state index in [4.69, 9.17) is 0 Å². The molecule has 2 fully saturated rings. The second-order valence-corrected chi connectivity index (χ2v) is 5.62. The molecule has 1 saturated carbocycles. The quantitative estimate of drug-likeness (QED) is 0.749. The highest BCUT2D eigenvalue weighted by atomic mass is 15.2. The van der Waals surface area contributed by atoms with Crippen LogP contribution >= 0.6 is 0 Å². The molecule has 2 rings (SSSR count). The van der Waals surface area contributed by atoms with Gasteiger partial charge in [-0.2, -0.15) is 0 Å². The van der Waals surface area contributed by atoms with Crippen LogP contribution in [0.4, 0.5) is 0 Å². The Bertz CT molecular complexity index is 189. The molecule has 0 aromatic rings. The molecule has 0 bridgehead atoms. The summed E-state index contributed by atoms with van der Waals surface area (Å²) in [6.45, 7) is 4.85. The Kier molecular flexibility index (Phi) is 4.04. The van der Waals surface area contributed by atoms with Gasteiger partial charge in [-0.05, 0) is 45.7 Å². The SMILES string of the molecule is CC(CC1CCC1)NCC1CCCN1C. The zero-order chi connectivity index (χ0) is 10.7. The van der Waals surface area contributed by atoms with Crippen molar-refractivity contribution in [2.75, 3.05) is 20.1 Å². The minimum atomic E-state index is 0.726. The Morgan fingerprint density at radius 1 is 1.27 bits per heavy atom. The number of nitrogens with one attached hydrogen (secondary N) is 1. The monoisotopic (exact) mass is 210 g/mol. The van der Waals surface area contributed by atoms with Gasteiger partial charge in [-0.3, -0.25) is 0 Å². The number of likely N-dealkylation sites (N-methyl/N-ethyl adjacent to an activating group) is 1. The average Bonchev–Trinajstić information content (AvgIpc) is 2.55. The van der Waals surface area contributed by atoms with Gasteiger partial charge in [0.05, 0.1) is 0 Å². The minimum Gasteiger partial charge on any atom is -0.313 e. The minimum absolute atomic E-state index is 0.726. The molecule has 88 valence electrons. The number of rotatable bonds is 5. The molecule has 2 heteroatoms. The topological polar surface area (TPSA) is 15.3 Å². The van der Waals surface area contributed by atoms with Crippen LogP contribution in [-0.4, -0.2) is 37.1 Å². The maximum Gasteiger partial charge on any atom is 0.0218 e. The number of hydrogen-bond acceptors (Lipinski definition) is 2. The maximum atomic E-state index is 3.71. The van der Waals surface area contributed by atoms with Crippen molar-refractivity contribution in [3.8, 4) is 0 Å². The highest BCUT2D eigenvalue weighted by Gasteiger charge is 2.23. The first-order valence-electron chi connectivity index (χ1n) is 6.69. The molecule has 1 aliphatic heterocycles. The molecule has 2 atom stereocenters. The van der Waals surface area contributed by atoms with Crippen LogP contribution in [0.3, 0.4) is 0 Å². The number of hydrogen-bond donors (Lipinski definition) is 1. The lowest BCUT2D eigenvalue weighted by Crippen LogP contribution is -2.40.